The summed E-state index contributed by atoms with van der Waals surface area (Å²) in [5.74, 6) is 0.617. The van der Waals surface area contributed by atoms with E-state index < -0.39 is 0 Å². The summed E-state index contributed by atoms with van der Waals surface area (Å²) in [6.45, 7) is 13.4. The van der Waals surface area contributed by atoms with E-state index in [1.54, 1.807) is 7.11 Å². The first-order valence-electron chi connectivity index (χ1n) is 6.48. The minimum Gasteiger partial charge on any atom is -0.384 e. The Labute approximate surface area is 101 Å². The fourth-order valence-corrected chi connectivity index (χ4v) is 2.40. The van der Waals surface area contributed by atoms with E-state index in [2.05, 4.69) is 37.9 Å². The highest BCUT2D eigenvalue weighted by Crippen LogP contribution is 2.19. The van der Waals surface area contributed by atoms with Crippen LogP contribution in [0.25, 0.3) is 0 Å². The van der Waals surface area contributed by atoms with Crippen molar-refractivity contribution in [3.05, 3.63) is 0 Å². The molecule has 1 aliphatic rings. The Balaban J connectivity index is 2.49. The van der Waals surface area contributed by atoms with Gasteiger partial charge in [-0.25, -0.2) is 0 Å². The van der Waals surface area contributed by atoms with Gasteiger partial charge < -0.3 is 10.1 Å². The van der Waals surface area contributed by atoms with Crippen molar-refractivity contribution in [2.45, 2.75) is 45.7 Å². The standard InChI is InChI=1S/C13H28N2O/c1-6-13(4)10-15(12(3)7-14-13)8-11(2)9-16-5/h11-12,14H,6-10H2,1-5H3. The van der Waals surface area contributed by atoms with Gasteiger partial charge in [0.15, 0.2) is 0 Å². The first kappa shape index (κ1) is 13.9. The van der Waals surface area contributed by atoms with Crippen LogP contribution in [0, 0.1) is 5.92 Å². The maximum atomic E-state index is 5.22. The van der Waals surface area contributed by atoms with E-state index in [0.29, 0.717) is 17.5 Å². The van der Waals surface area contributed by atoms with Crippen molar-refractivity contribution in [2.24, 2.45) is 5.92 Å². The SMILES string of the molecule is CCC1(C)CN(CC(C)COC)C(C)CN1. The van der Waals surface area contributed by atoms with Gasteiger partial charge in [0.25, 0.3) is 0 Å². The normalized spacial score (nSPS) is 33.9. The lowest BCUT2D eigenvalue weighted by Gasteiger charge is -2.45. The summed E-state index contributed by atoms with van der Waals surface area (Å²) in [4.78, 5) is 2.60. The number of methoxy groups -OCH3 is 1. The second-order valence-electron chi connectivity index (χ2n) is 5.63. The van der Waals surface area contributed by atoms with Gasteiger partial charge in [-0.1, -0.05) is 13.8 Å². The Morgan fingerprint density at radius 2 is 2.25 bits per heavy atom. The van der Waals surface area contributed by atoms with Crippen molar-refractivity contribution in [2.75, 3.05) is 33.4 Å². The van der Waals surface area contributed by atoms with Gasteiger partial charge in [0, 0.05) is 44.9 Å². The molecule has 3 unspecified atom stereocenters. The molecule has 0 saturated carbocycles. The Bertz CT molecular complexity index is 210. The van der Waals surface area contributed by atoms with Gasteiger partial charge in [-0.15, -0.1) is 0 Å². The van der Waals surface area contributed by atoms with Gasteiger partial charge in [-0.3, -0.25) is 4.90 Å². The molecule has 0 aromatic rings. The maximum Gasteiger partial charge on any atom is 0.0500 e. The molecule has 0 aromatic heterocycles. The molecule has 0 aliphatic carbocycles. The molecule has 3 atom stereocenters. The zero-order valence-corrected chi connectivity index (χ0v) is 11.5. The van der Waals surface area contributed by atoms with Gasteiger partial charge >= 0.3 is 0 Å². The minimum atomic E-state index is 0.291. The Hall–Kier alpha value is -0.120. The Morgan fingerprint density at radius 3 is 2.81 bits per heavy atom. The molecule has 1 aliphatic heterocycles. The summed E-state index contributed by atoms with van der Waals surface area (Å²) in [6, 6.07) is 0.638. The maximum absolute atomic E-state index is 5.22. The molecule has 0 aromatic carbocycles. The van der Waals surface area contributed by atoms with Gasteiger partial charge in [0.05, 0.1) is 0 Å². The van der Waals surface area contributed by atoms with Crippen molar-refractivity contribution in [1.29, 1.82) is 0 Å². The lowest BCUT2D eigenvalue weighted by Crippen LogP contribution is -2.62. The van der Waals surface area contributed by atoms with Crippen LogP contribution >= 0.6 is 0 Å². The van der Waals surface area contributed by atoms with E-state index in [9.17, 15) is 0 Å². The molecular formula is C13H28N2O. The molecule has 1 saturated heterocycles. The summed E-state index contributed by atoms with van der Waals surface area (Å²) in [5, 5.41) is 3.66. The third kappa shape index (κ3) is 3.72. The van der Waals surface area contributed by atoms with Gasteiger partial charge in [-0.05, 0) is 26.2 Å². The average Bonchev–Trinajstić information content (AvgIpc) is 2.24. The lowest BCUT2D eigenvalue weighted by atomic mass is 9.93. The zero-order chi connectivity index (χ0) is 12.2. The first-order chi connectivity index (χ1) is 7.50. The number of nitrogens with zero attached hydrogens (tertiary/aromatic N) is 1. The number of hydrogen-bond acceptors (Lipinski definition) is 3. The van der Waals surface area contributed by atoms with Crippen LogP contribution in [0.2, 0.25) is 0 Å². The summed E-state index contributed by atoms with van der Waals surface area (Å²) in [5.41, 5.74) is 0.291. The number of piperazine rings is 1. The van der Waals surface area contributed by atoms with Crippen LogP contribution in [-0.2, 0) is 4.74 Å². The first-order valence-corrected chi connectivity index (χ1v) is 6.48. The van der Waals surface area contributed by atoms with E-state index in [4.69, 9.17) is 4.74 Å². The van der Waals surface area contributed by atoms with Crippen molar-refractivity contribution >= 4 is 0 Å². The molecule has 1 fully saturated rings. The molecular weight excluding hydrogens is 200 g/mol. The fraction of sp³-hybridized carbons (Fsp3) is 1.00. The number of nitrogens with one attached hydrogen (secondary N) is 1. The summed E-state index contributed by atoms with van der Waals surface area (Å²) in [6.07, 6.45) is 1.19. The topological polar surface area (TPSA) is 24.5 Å². The van der Waals surface area contributed by atoms with Crippen molar-refractivity contribution in [1.82, 2.24) is 10.2 Å². The van der Waals surface area contributed by atoms with Crippen LogP contribution < -0.4 is 5.32 Å². The van der Waals surface area contributed by atoms with Crippen molar-refractivity contribution < 1.29 is 4.74 Å². The molecule has 0 spiro atoms. The van der Waals surface area contributed by atoms with Gasteiger partial charge in [0.2, 0.25) is 0 Å². The molecule has 0 amide bonds. The van der Waals surface area contributed by atoms with Crippen LogP contribution in [-0.4, -0.2) is 49.8 Å². The quantitative estimate of drug-likeness (QED) is 0.775. The highest BCUT2D eigenvalue weighted by molar-refractivity contribution is 4.93. The predicted octanol–water partition coefficient (Wildman–Crippen LogP) is 1.73. The van der Waals surface area contributed by atoms with Gasteiger partial charge in [-0.2, -0.15) is 0 Å². The van der Waals surface area contributed by atoms with Crippen LogP contribution in [0.5, 0.6) is 0 Å². The molecule has 1 heterocycles. The summed E-state index contributed by atoms with van der Waals surface area (Å²) < 4.78 is 5.22. The van der Waals surface area contributed by atoms with E-state index in [0.717, 1.165) is 26.2 Å². The van der Waals surface area contributed by atoms with E-state index in [1.165, 1.54) is 6.42 Å². The third-order valence-electron chi connectivity index (χ3n) is 3.78. The minimum absolute atomic E-state index is 0.291. The molecule has 1 N–H and O–H groups in total. The Morgan fingerprint density at radius 1 is 1.56 bits per heavy atom. The summed E-state index contributed by atoms with van der Waals surface area (Å²) >= 11 is 0. The lowest BCUT2D eigenvalue weighted by molar-refractivity contribution is 0.0604. The second kappa shape index (κ2) is 5.99. The van der Waals surface area contributed by atoms with Crippen molar-refractivity contribution in [3.63, 3.8) is 0 Å². The van der Waals surface area contributed by atoms with E-state index >= 15 is 0 Å². The molecule has 96 valence electrons. The molecule has 0 bridgehead atoms. The highest BCUT2D eigenvalue weighted by Gasteiger charge is 2.32. The smallest absolute Gasteiger partial charge is 0.0500 e. The van der Waals surface area contributed by atoms with Gasteiger partial charge in [0.1, 0.15) is 0 Å². The van der Waals surface area contributed by atoms with E-state index in [-0.39, 0.29) is 0 Å². The zero-order valence-electron chi connectivity index (χ0n) is 11.5. The molecule has 3 nitrogen and oxygen atoms in total. The predicted molar refractivity (Wildman–Crippen MR) is 68.8 cm³/mol. The van der Waals surface area contributed by atoms with Crippen LogP contribution in [0.15, 0.2) is 0 Å². The van der Waals surface area contributed by atoms with Crippen LogP contribution in [0.1, 0.15) is 34.1 Å². The Kier molecular flexibility index (Phi) is 5.22. The number of ether oxygens (including phenoxy) is 1. The van der Waals surface area contributed by atoms with Crippen LogP contribution in [0.3, 0.4) is 0 Å². The van der Waals surface area contributed by atoms with E-state index in [1.807, 2.05) is 0 Å². The summed E-state index contributed by atoms with van der Waals surface area (Å²) in [7, 11) is 1.79. The number of rotatable bonds is 5. The highest BCUT2D eigenvalue weighted by atomic mass is 16.5. The third-order valence-corrected chi connectivity index (χ3v) is 3.78. The molecule has 1 rings (SSSR count). The monoisotopic (exact) mass is 228 g/mol. The number of hydrogen-bond donors (Lipinski definition) is 1. The van der Waals surface area contributed by atoms with Crippen molar-refractivity contribution in [3.8, 4) is 0 Å². The fourth-order valence-electron chi connectivity index (χ4n) is 2.40. The molecule has 3 heteroatoms. The molecule has 0 radical (unpaired) electrons. The second-order valence-corrected chi connectivity index (χ2v) is 5.63. The average molecular weight is 228 g/mol. The van der Waals surface area contributed by atoms with Crippen LogP contribution in [0.4, 0.5) is 0 Å². The largest absolute Gasteiger partial charge is 0.384 e. The molecule has 16 heavy (non-hydrogen) atoms.